The Morgan fingerprint density at radius 2 is 2.21 bits per heavy atom. The number of piperazine rings is 1. The summed E-state index contributed by atoms with van der Waals surface area (Å²) in [6, 6.07) is 4.28. The lowest BCUT2D eigenvalue weighted by atomic mass is 10.1. The lowest BCUT2D eigenvalue weighted by Crippen LogP contribution is -2.54. The van der Waals surface area contributed by atoms with Gasteiger partial charge < -0.3 is 4.90 Å². The van der Waals surface area contributed by atoms with Crippen LogP contribution in [0.4, 0.5) is 0 Å². The highest BCUT2D eigenvalue weighted by Crippen LogP contribution is 2.16. The highest BCUT2D eigenvalue weighted by Gasteiger charge is 2.28. The van der Waals surface area contributed by atoms with Gasteiger partial charge in [0.25, 0.3) is 0 Å². The number of carbonyl (C=O) groups excluding carboxylic acids is 1. The maximum absolute atomic E-state index is 12.7. The molecule has 1 saturated heterocycles. The Hall–Kier alpha value is -2.21. The van der Waals surface area contributed by atoms with Crippen LogP contribution in [0.3, 0.4) is 0 Å². The third-order valence-electron chi connectivity index (χ3n) is 4.77. The Morgan fingerprint density at radius 1 is 1.38 bits per heavy atom. The molecular weight excluding hydrogens is 302 g/mol. The predicted octanol–water partition coefficient (Wildman–Crippen LogP) is 1.70. The predicted molar refractivity (Wildman–Crippen MR) is 92.5 cm³/mol. The summed E-state index contributed by atoms with van der Waals surface area (Å²) in [6.07, 6.45) is 4.14. The molecule has 0 radical (unpaired) electrons. The molecule has 2 aromatic rings. The van der Waals surface area contributed by atoms with Crippen molar-refractivity contribution < 1.29 is 4.79 Å². The van der Waals surface area contributed by atoms with Gasteiger partial charge in [0.1, 0.15) is 0 Å². The SMILES string of the molecule is Cc1n[nH]c(C)c1CC(=O)N1CCN(Cc2cccnc2)CC1C. The molecule has 0 aromatic carbocycles. The third-order valence-corrected chi connectivity index (χ3v) is 4.77. The summed E-state index contributed by atoms with van der Waals surface area (Å²) in [6.45, 7) is 9.50. The number of nitrogens with zero attached hydrogens (tertiary/aromatic N) is 4. The lowest BCUT2D eigenvalue weighted by Gasteiger charge is -2.40. The van der Waals surface area contributed by atoms with Gasteiger partial charge in [-0.25, -0.2) is 0 Å². The molecule has 1 N–H and O–H groups in total. The molecule has 6 nitrogen and oxygen atoms in total. The molecule has 24 heavy (non-hydrogen) atoms. The lowest BCUT2D eigenvalue weighted by molar-refractivity contribution is -0.135. The van der Waals surface area contributed by atoms with Gasteiger partial charge in [0.15, 0.2) is 0 Å². The number of carbonyl (C=O) groups is 1. The van der Waals surface area contributed by atoms with Gasteiger partial charge >= 0.3 is 0 Å². The maximum atomic E-state index is 12.7. The molecule has 3 rings (SSSR count). The maximum Gasteiger partial charge on any atom is 0.227 e. The van der Waals surface area contributed by atoms with Crippen molar-refractivity contribution in [2.45, 2.75) is 39.8 Å². The van der Waals surface area contributed by atoms with E-state index in [-0.39, 0.29) is 11.9 Å². The zero-order chi connectivity index (χ0) is 17.1. The van der Waals surface area contributed by atoms with Crippen molar-refractivity contribution in [2.75, 3.05) is 19.6 Å². The fourth-order valence-electron chi connectivity index (χ4n) is 3.38. The van der Waals surface area contributed by atoms with E-state index in [1.807, 2.05) is 31.0 Å². The van der Waals surface area contributed by atoms with Crippen LogP contribution in [0.1, 0.15) is 29.4 Å². The van der Waals surface area contributed by atoms with E-state index in [0.29, 0.717) is 6.42 Å². The number of pyridine rings is 1. The standard InChI is InChI=1S/C18H25N5O/c1-13-11-22(12-16-5-4-6-19-10-16)7-8-23(13)18(24)9-17-14(2)20-21-15(17)3/h4-6,10,13H,7-9,11-12H2,1-3H3,(H,20,21). The Kier molecular flexibility index (Phi) is 4.94. The number of nitrogens with one attached hydrogen (secondary N) is 1. The number of aromatic nitrogens is 3. The van der Waals surface area contributed by atoms with E-state index < -0.39 is 0 Å². The van der Waals surface area contributed by atoms with E-state index in [9.17, 15) is 4.79 Å². The number of amides is 1. The summed E-state index contributed by atoms with van der Waals surface area (Å²) in [5, 5.41) is 7.14. The van der Waals surface area contributed by atoms with E-state index >= 15 is 0 Å². The van der Waals surface area contributed by atoms with Crippen LogP contribution < -0.4 is 0 Å². The number of aromatic amines is 1. The monoisotopic (exact) mass is 327 g/mol. The number of rotatable bonds is 4. The zero-order valence-electron chi connectivity index (χ0n) is 14.6. The first-order valence-corrected chi connectivity index (χ1v) is 8.45. The van der Waals surface area contributed by atoms with Gasteiger partial charge in [-0.15, -0.1) is 0 Å². The van der Waals surface area contributed by atoms with Crippen molar-refractivity contribution >= 4 is 5.91 Å². The molecule has 0 bridgehead atoms. The van der Waals surface area contributed by atoms with Gasteiger partial charge in [-0.3, -0.25) is 19.8 Å². The second kappa shape index (κ2) is 7.13. The molecule has 1 atom stereocenters. The smallest absolute Gasteiger partial charge is 0.227 e. The number of hydrogen-bond donors (Lipinski definition) is 1. The molecular formula is C18H25N5O. The Labute approximate surface area is 142 Å². The van der Waals surface area contributed by atoms with Crippen LogP contribution in [-0.2, 0) is 17.8 Å². The van der Waals surface area contributed by atoms with E-state index in [1.54, 1.807) is 6.20 Å². The second-order valence-electron chi connectivity index (χ2n) is 6.62. The quantitative estimate of drug-likeness (QED) is 0.928. The summed E-state index contributed by atoms with van der Waals surface area (Å²) in [5.74, 6) is 0.191. The summed E-state index contributed by atoms with van der Waals surface area (Å²) in [5.41, 5.74) is 4.16. The van der Waals surface area contributed by atoms with Crippen LogP contribution in [-0.4, -0.2) is 56.6 Å². The first-order chi connectivity index (χ1) is 11.5. The van der Waals surface area contributed by atoms with Crippen LogP contribution >= 0.6 is 0 Å². The summed E-state index contributed by atoms with van der Waals surface area (Å²) < 4.78 is 0. The normalized spacial score (nSPS) is 18.8. The van der Waals surface area contributed by atoms with Crippen molar-refractivity contribution in [1.29, 1.82) is 0 Å². The minimum Gasteiger partial charge on any atom is -0.337 e. The number of H-pyrrole nitrogens is 1. The van der Waals surface area contributed by atoms with Gasteiger partial charge in [-0.1, -0.05) is 6.07 Å². The summed E-state index contributed by atoms with van der Waals surface area (Å²) >= 11 is 0. The van der Waals surface area contributed by atoms with Crippen LogP contribution in [0.15, 0.2) is 24.5 Å². The van der Waals surface area contributed by atoms with Gasteiger partial charge in [-0.2, -0.15) is 5.10 Å². The van der Waals surface area contributed by atoms with Gasteiger partial charge in [-0.05, 0) is 32.4 Å². The molecule has 128 valence electrons. The van der Waals surface area contributed by atoms with E-state index in [2.05, 4.69) is 33.1 Å². The van der Waals surface area contributed by atoms with Crippen molar-refractivity contribution in [1.82, 2.24) is 25.0 Å². The van der Waals surface area contributed by atoms with Gasteiger partial charge in [0.2, 0.25) is 5.91 Å². The molecule has 1 amide bonds. The minimum atomic E-state index is 0.191. The van der Waals surface area contributed by atoms with Crippen LogP contribution in [0, 0.1) is 13.8 Å². The minimum absolute atomic E-state index is 0.191. The van der Waals surface area contributed by atoms with Crippen LogP contribution in [0.25, 0.3) is 0 Å². The highest BCUT2D eigenvalue weighted by molar-refractivity contribution is 5.79. The third kappa shape index (κ3) is 3.64. The molecule has 1 aliphatic rings. The molecule has 1 fully saturated rings. The first-order valence-electron chi connectivity index (χ1n) is 8.45. The molecule has 1 unspecified atom stereocenters. The molecule has 0 aliphatic carbocycles. The fourth-order valence-corrected chi connectivity index (χ4v) is 3.38. The average Bonchev–Trinajstić information content (AvgIpc) is 2.88. The molecule has 6 heteroatoms. The largest absolute Gasteiger partial charge is 0.337 e. The van der Waals surface area contributed by atoms with Crippen molar-refractivity contribution in [2.24, 2.45) is 0 Å². The number of hydrogen-bond acceptors (Lipinski definition) is 4. The summed E-state index contributed by atoms with van der Waals surface area (Å²) in [7, 11) is 0. The topological polar surface area (TPSA) is 65.1 Å². The zero-order valence-corrected chi connectivity index (χ0v) is 14.6. The average molecular weight is 327 g/mol. The van der Waals surface area contributed by atoms with E-state index in [0.717, 1.165) is 43.1 Å². The molecule has 0 saturated carbocycles. The molecule has 1 aliphatic heterocycles. The Bertz CT molecular complexity index is 677. The number of aryl methyl sites for hydroxylation is 2. The first kappa shape index (κ1) is 16.6. The highest BCUT2D eigenvalue weighted by atomic mass is 16.2. The molecule has 2 aromatic heterocycles. The second-order valence-corrected chi connectivity index (χ2v) is 6.62. The van der Waals surface area contributed by atoms with E-state index in [4.69, 9.17) is 0 Å². The van der Waals surface area contributed by atoms with E-state index in [1.165, 1.54) is 5.56 Å². The van der Waals surface area contributed by atoms with Crippen molar-refractivity contribution in [3.63, 3.8) is 0 Å². The van der Waals surface area contributed by atoms with Crippen LogP contribution in [0.5, 0.6) is 0 Å². The van der Waals surface area contributed by atoms with Crippen molar-refractivity contribution in [3.8, 4) is 0 Å². The van der Waals surface area contributed by atoms with Gasteiger partial charge in [0, 0.05) is 55.9 Å². The van der Waals surface area contributed by atoms with Gasteiger partial charge in [0.05, 0.1) is 12.1 Å². The Morgan fingerprint density at radius 3 is 2.83 bits per heavy atom. The van der Waals surface area contributed by atoms with Crippen LogP contribution in [0.2, 0.25) is 0 Å². The molecule has 3 heterocycles. The van der Waals surface area contributed by atoms with Crippen molar-refractivity contribution in [3.05, 3.63) is 47.0 Å². The molecule has 0 spiro atoms. The Balaban J connectivity index is 1.58. The fraction of sp³-hybridized carbons (Fsp3) is 0.500. The summed E-state index contributed by atoms with van der Waals surface area (Å²) in [4.78, 5) is 21.3.